The number of rotatable bonds is 5. The van der Waals surface area contributed by atoms with Crippen molar-refractivity contribution in [3.63, 3.8) is 0 Å². The van der Waals surface area contributed by atoms with Gasteiger partial charge in [0.1, 0.15) is 19.0 Å². The quantitative estimate of drug-likeness (QED) is 0.395. The third-order valence-electron chi connectivity index (χ3n) is 10.2. The lowest BCUT2D eigenvalue weighted by Crippen LogP contribution is -2.57. The number of ketones is 1. The van der Waals surface area contributed by atoms with Crippen LogP contribution in [0, 0.1) is 35.0 Å². The molecule has 0 spiro atoms. The second-order valence-electron chi connectivity index (χ2n) is 14.1. The van der Waals surface area contributed by atoms with Gasteiger partial charge in [-0.2, -0.15) is 0 Å². The highest BCUT2D eigenvalue weighted by Gasteiger charge is 2.48. The molecule has 41 heavy (non-hydrogen) atoms. The second kappa shape index (κ2) is 14.1. The molecule has 2 fully saturated rings. The first-order valence-electron chi connectivity index (χ1n) is 15.4. The van der Waals surface area contributed by atoms with Gasteiger partial charge < -0.3 is 34.4 Å². The van der Waals surface area contributed by atoms with Crippen LogP contribution < -0.4 is 0 Å². The summed E-state index contributed by atoms with van der Waals surface area (Å²) in [7, 11) is 3.06. The number of carbonyl (C=O) groups is 1. The van der Waals surface area contributed by atoms with Crippen LogP contribution in [0.2, 0.25) is 0 Å². The molecule has 1 saturated heterocycles. The van der Waals surface area contributed by atoms with Crippen LogP contribution in [0.3, 0.4) is 0 Å². The Labute approximate surface area is 248 Å². The molecule has 9 nitrogen and oxygen atoms in total. The molecule has 1 aliphatic carbocycles. The number of hydrogen-bond donors (Lipinski definition) is 3. The van der Waals surface area contributed by atoms with Crippen molar-refractivity contribution in [3.05, 3.63) is 0 Å². The Kier molecular flexibility index (Phi) is 12.4. The first-order chi connectivity index (χ1) is 18.8. The van der Waals surface area contributed by atoms with E-state index < -0.39 is 53.2 Å². The van der Waals surface area contributed by atoms with Gasteiger partial charge >= 0.3 is 0 Å². The highest BCUT2D eigenvalue weighted by Crippen LogP contribution is 2.42. The first kappa shape index (κ1) is 36.1. The number of nitrogens with zero attached hydrogens (tertiary/aromatic N) is 1. The molecule has 1 aliphatic heterocycles. The molecule has 2 rings (SSSR count). The zero-order valence-corrected chi connectivity index (χ0v) is 27.6. The number of Topliss-reactive ketones (excluding diaryl/α,β-unsaturated/α-hetero) is 1. The average molecular weight is 586 g/mol. The molecule has 0 aromatic carbocycles. The number of carbonyl (C=O) groups excluding carboxylic acids is 1. The van der Waals surface area contributed by atoms with Gasteiger partial charge in [0.15, 0.2) is 6.29 Å². The molecule has 0 bridgehead atoms. The Morgan fingerprint density at radius 1 is 0.951 bits per heavy atom. The van der Waals surface area contributed by atoms with Crippen molar-refractivity contribution in [3.8, 4) is 0 Å². The van der Waals surface area contributed by atoms with E-state index in [-0.39, 0.29) is 29.5 Å². The Hall–Kier alpha value is -1.10. The van der Waals surface area contributed by atoms with Crippen LogP contribution in [0.1, 0.15) is 101 Å². The summed E-state index contributed by atoms with van der Waals surface area (Å²) in [5, 5.41) is 38.3. The topological polar surface area (TPSA) is 127 Å². The number of methoxy groups -OCH3 is 1. The predicted molar refractivity (Wildman–Crippen MR) is 159 cm³/mol. The van der Waals surface area contributed by atoms with E-state index in [2.05, 4.69) is 12.1 Å². The zero-order chi connectivity index (χ0) is 31.5. The summed E-state index contributed by atoms with van der Waals surface area (Å²) in [6.07, 6.45) is -1.25. The van der Waals surface area contributed by atoms with Crippen LogP contribution >= 0.6 is 0 Å². The summed E-state index contributed by atoms with van der Waals surface area (Å²) in [6.45, 7) is 19.4. The fraction of sp³-hybridized carbons (Fsp3) is 0.938. The van der Waals surface area contributed by atoms with Gasteiger partial charge in [-0.1, -0.05) is 60.0 Å². The van der Waals surface area contributed by atoms with Crippen molar-refractivity contribution in [2.24, 2.45) is 40.2 Å². The summed E-state index contributed by atoms with van der Waals surface area (Å²) < 4.78 is 18.3. The minimum absolute atomic E-state index is 0.0517. The smallest absolute Gasteiger partial charge is 0.161 e. The number of ether oxygens (including phenoxy) is 3. The first-order valence-corrected chi connectivity index (χ1v) is 15.4. The molecule has 0 aromatic heterocycles. The van der Waals surface area contributed by atoms with Gasteiger partial charge in [0, 0.05) is 37.7 Å². The predicted octanol–water partition coefficient (Wildman–Crippen LogP) is 4.74. The molecule has 3 N–H and O–H groups in total. The van der Waals surface area contributed by atoms with E-state index >= 15 is 0 Å². The van der Waals surface area contributed by atoms with E-state index in [1.54, 1.807) is 21.0 Å². The minimum Gasteiger partial charge on any atom is -0.399 e. The lowest BCUT2D eigenvalue weighted by Gasteiger charge is -2.46. The second-order valence-corrected chi connectivity index (χ2v) is 14.1. The summed E-state index contributed by atoms with van der Waals surface area (Å²) in [6, 6.07) is 0. The maximum absolute atomic E-state index is 13.9. The highest BCUT2D eigenvalue weighted by atomic mass is 16.7. The summed E-state index contributed by atoms with van der Waals surface area (Å²) in [5.41, 5.74) is -1.86. The minimum atomic E-state index is -1.11. The van der Waals surface area contributed by atoms with Gasteiger partial charge in [-0.25, -0.2) is 0 Å². The van der Waals surface area contributed by atoms with Crippen molar-refractivity contribution in [1.82, 2.24) is 0 Å². The molecular formula is C32H59NO8. The summed E-state index contributed by atoms with van der Waals surface area (Å²) in [4.78, 5) is 19.1. The maximum atomic E-state index is 13.9. The van der Waals surface area contributed by atoms with Gasteiger partial charge in [-0.15, -0.1) is 0 Å². The summed E-state index contributed by atoms with van der Waals surface area (Å²) >= 11 is 0. The van der Waals surface area contributed by atoms with Gasteiger partial charge in [-0.3, -0.25) is 4.79 Å². The Bertz CT molecular complexity index is 891. The SMILES string of the molecule is CC[C@H]1CC(=O)[C@H](C)[C@@H](O[C@H]2C[C@@](C)(OC)[C@@H](O)C(C)O2)[C@H](C)C[C@](C)(O)C[C@@H](C)/C(=N\OC)C(C)C(O)C1(C)C. The monoisotopic (exact) mass is 585 g/mol. The largest absolute Gasteiger partial charge is 0.399 e. The van der Waals surface area contributed by atoms with Gasteiger partial charge in [0.25, 0.3) is 0 Å². The zero-order valence-electron chi connectivity index (χ0n) is 27.6. The Balaban J connectivity index is 2.53. The van der Waals surface area contributed by atoms with E-state index in [0.29, 0.717) is 31.4 Å². The number of aliphatic hydroxyl groups excluding tert-OH is 2. The average Bonchev–Trinajstić information content (AvgIpc) is 2.89. The Morgan fingerprint density at radius 3 is 2.10 bits per heavy atom. The van der Waals surface area contributed by atoms with Crippen LogP contribution in [0.5, 0.6) is 0 Å². The molecule has 3 unspecified atom stereocenters. The summed E-state index contributed by atoms with van der Waals surface area (Å²) in [5.74, 6) is -1.19. The lowest BCUT2D eigenvalue weighted by atomic mass is 9.65. The Morgan fingerprint density at radius 2 is 1.56 bits per heavy atom. The van der Waals surface area contributed by atoms with Crippen molar-refractivity contribution in [2.45, 2.75) is 143 Å². The molecule has 9 heteroatoms. The van der Waals surface area contributed by atoms with Crippen molar-refractivity contribution in [1.29, 1.82) is 0 Å². The molecule has 1 heterocycles. The van der Waals surface area contributed by atoms with Gasteiger partial charge in [0.2, 0.25) is 0 Å². The van der Waals surface area contributed by atoms with E-state index in [1.807, 2.05) is 48.5 Å². The van der Waals surface area contributed by atoms with Crippen LogP contribution in [-0.2, 0) is 23.8 Å². The molecule has 1 saturated carbocycles. The number of hydrogen-bond acceptors (Lipinski definition) is 9. The van der Waals surface area contributed by atoms with Crippen LogP contribution in [-0.4, -0.2) is 82.9 Å². The van der Waals surface area contributed by atoms with Crippen molar-refractivity contribution in [2.75, 3.05) is 14.2 Å². The van der Waals surface area contributed by atoms with Gasteiger partial charge in [-0.05, 0) is 50.9 Å². The van der Waals surface area contributed by atoms with Crippen LogP contribution in [0.25, 0.3) is 0 Å². The molecule has 12 atom stereocenters. The van der Waals surface area contributed by atoms with E-state index in [1.165, 1.54) is 7.11 Å². The van der Waals surface area contributed by atoms with Crippen LogP contribution in [0.4, 0.5) is 0 Å². The molecule has 0 radical (unpaired) electrons. The molecular weight excluding hydrogens is 526 g/mol. The lowest BCUT2D eigenvalue weighted by molar-refractivity contribution is -0.295. The standard InChI is InChI=1S/C32H59NO8/c1-13-23-14-24(34)20(4)27(41-25-17-32(10,38-11)29(36)22(6)40-25)19(3)16-31(9,37)15-18(2)26(33-39-12)21(5)28(35)30(23,7)8/h18-23,25,27-29,35-37H,13-17H2,1-12H3/b33-26+/t18-,19-,20+,21?,22?,23+,25+,27+,28?,29+,31-,32-/m1/s1. The van der Waals surface area contributed by atoms with Crippen molar-refractivity contribution < 1.29 is 39.2 Å². The molecule has 2 aliphatic rings. The van der Waals surface area contributed by atoms with Gasteiger partial charge in [0.05, 0.1) is 35.2 Å². The highest BCUT2D eigenvalue weighted by molar-refractivity contribution is 5.88. The van der Waals surface area contributed by atoms with E-state index in [9.17, 15) is 20.1 Å². The number of oxime groups is 1. The fourth-order valence-corrected chi connectivity index (χ4v) is 7.49. The molecule has 0 amide bonds. The third kappa shape index (κ3) is 8.30. The maximum Gasteiger partial charge on any atom is 0.161 e. The van der Waals surface area contributed by atoms with E-state index in [4.69, 9.17) is 19.0 Å². The number of aliphatic hydroxyl groups is 3. The van der Waals surface area contributed by atoms with E-state index in [0.717, 1.165) is 6.42 Å². The van der Waals surface area contributed by atoms with Crippen LogP contribution in [0.15, 0.2) is 5.16 Å². The molecule has 240 valence electrons. The molecule has 0 aromatic rings. The fourth-order valence-electron chi connectivity index (χ4n) is 7.49. The third-order valence-corrected chi connectivity index (χ3v) is 10.2. The van der Waals surface area contributed by atoms with Crippen molar-refractivity contribution >= 4 is 11.5 Å². The normalized spacial score (nSPS) is 46.2.